The van der Waals surface area contributed by atoms with Crippen LogP contribution in [0.1, 0.15) is 24.4 Å². The average molecular weight is 349 g/mol. The lowest BCUT2D eigenvalue weighted by atomic mass is 9.99. The number of ether oxygens (including phenoxy) is 1. The van der Waals surface area contributed by atoms with Crippen molar-refractivity contribution < 1.29 is 9.15 Å². The van der Waals surface area contributed by atoms with Gasteiger partial charge < -0.3 is 9.15 Å². The molecular formula is C21H23N3O2. The smallest absolute Gasteiger partial charge is 0.247 e. The SMILES string of the molecule is Cc1nnc(-c2cccc(-c3ccc([C@@H](C)N4CCOCC4)cc3)c2)o1. The molecule has 3 aromatic rings. The summed E-state index contributed by atoms with van der Waals surface area (Å²) < 4.78 is 11.0. The number of hydrogen-bond acceptors (Lipinski definition) is 5. The number of aryl methyl sites for hydroxylation is 1. The van der Waals surface area contributed by atoms with Crippen LogP contribution in [0.2, 0.25) is 0 Å². The van der Waals surface area contributed by atoms with E-state index in [2.05, 4.69) is 58.4 Å². The van der Waals surface area contributed by atoms with Gasteiger partial charge in [0.2, 0.25) is 11.8 Å². The summed E-state index contributed by atoms with van der Waals surface area (Å²) in [5.41, 5.74) is 4.60. The molecule has 4 rings (SSSR count). The second-order valence-corrected chi connectivity index (χ2v) is 6.65. The van der Waals surface area contributed by atoms with E-state index in [0.717, 1.165) is 37.4 Å². The van der Waals surface area contributed by atoms with Crippen LogP contribution in [0.5, 0.6) is 0 Å². The fourth-order valence-electron chi connectivity index (χ4n) is 3.37. The molecule has 5 nitrogen and oxygen atoms in total. The van der Waals surface area contributed by atoms with Crippen molar-refractivity contribution in [2.24, 2.45) is 0 Å². The molecule has 1 fully saturated rings. The van der Waals surface area contributed by atoms with Gasteiger partial charge in [0.15, 0.2) is 0 Å². The molecule has 0 saturated carbocycles. The molecule has 1 aliphatic rings. The molecule has 0 spiro atoms. The standard InChI is InChI=1S/C21H23N3O2/c1-15(24-10-12-25-13-11-24)17-6-8-18(9-7-17)19-4-3-5-20(14-19)21-23-22-16(2)26-21/h3-9,14-15H,10-13H2,1-2H3/t15-/m1/s1. The lowest BCUT2D eigenvalue weighted by Crippen LogP contribution is -2.37. The summed E-state index contributed by atoms with van der Waals surface area (Å²) >= 11 is 0. The zero-order valence-corrected chi connectivity index (χ0v) is 15.2. The Morgan fingerprint density at radius 3 is 2.35 bits per heavy atom. The minimum Gasteiger partial charge on any atom is -0.421 e. The molecule has 1 saturated heterocycles. The van der Waals surface area contributed by atoms with E-state index in [1.54, 1.807) is 6.92 Å². The van der Waals surface area contributed by atoms with Crippen LogP contribution in [0.15, 0.2) is 52.9 Å². The predicted molar refractivity (Wildman–Crippen MR) is 101 cm³/mol. The molecular weight excluding hydrogens is 326 g/mol. The van der Waals surface area contributed by atoms with Gasteiger partial charge in [0.1, 0.15) is 0 Å². The molecule has 2 aromatic carbocycles. The summed E-state index contributed by atoms with van der Waals surface area (Å²) in [5, 5.41) is 8.02. The highest BCUT2D eigenvalue weighted by atomic mass is 16.5. The van der Waals surface area contributed by atoms with Gasteiger partial charge in [0, 0.05) is 31.6 Å². The third kappa shape index (κ3) is 3.54. The van der Waals surface area contributed by atoms with E-state index in [9.17, 15) is 0 Å². The van der Waals surface area contributed by atoms with E-state index in [1.165, 1.54) is 11.1 Å². The number of benzene rings is 2. The molecule has 26 heavy (non-hydrogen) atoms. The number of aromatic nitrogens is 2. The number of morpholine rings is 1. The van der Waals surface area contributed by atoms with Crippen LogP contribution >= 0.6 is 0 Å². The average Bonchev–Trinajstić information content (AvgIpc) is 3.15. The monoisotopic (exact) mass is 349 g/mol. The highest BCUT2D eigenvalue weighted by molar-refractivity contribution is 5.69. The Kier molecular flexibility index (Phi) is 4.82. The third-order valence-corrected chi connectivity index (χ3v) is 4.96. The van der Waals surface area contributed by atoms with Crippen LogP contribution in [0.25, 0.3) is 22.6 Å². The topological polar surface area (TPSA) is 51.4 Å². The Balaban J connectivity index is 1.55. The highest BCUT2D eigenvalue weighted by Gasteiger charge is 2.18. The Hall–Kier alpha value is -2.50. The Bertz CT molecular complexity index is 867. The molecule has 0 unspecified atom stereocenters. The van der Waals surface area contributed by atoms with Crippen molar-refractivity contribution in [1.29, 1.82) is 0 Å². The maximum absolute atomic E-state index is 5.54. The maximum Gasteiger partial charge on any atom is 0.247 e. The summed E-state index contributed by atoms with van der Waals surface area (Å²) in [4.78, 5) is 2.47. The first kappa shape index (κ1) is 16.9. The largest absolute Gasteiger partial charge is 0.421 e. The minimum absolute atomic E-state index is 0.403. The van der Waals surface area contributed by atoms with E-state index < -0.39 is 0 Å². The van der Waals surface area contributed by atoms with Gasteiger partial charge in [-0.25, -0.2) is 0 Å². The first-order valence-electron chi connectivity index (χ1n) is 9.03. The van der Waals surface area contributed by atoms with Gasteiger partial charge in [0.25, 0.3) is 0 Å². The molecule has 0 N–H and O–H groups in total. The summed E-state index contributed by atoms with van der Waals surface area (Å²) in [7, 11) is 0. The molecule has 1 aliphatic heterocycles. The molecule has 0 radical (unpaired) electrons. The van der Waals surface area contributed by atoms with Gasteiger partial charge in [-0.3, -0.25) is 4.90 Å². The maximum atomic E-state index is 5.54. The third-order valence-electron chi connectivity index (χ3n) is 4.96. The summed E-state index contributed by atoms with van der Waals surface area (Å²) in [5.74, 6) is 1.13. The van der Waals surface area contributed by atoms with Crippen molar-refractivity contribution in [2.45, 2.75) is 19.9 Å². The lowest BCUT2D eigenvalue weighted by Gasteiger charge is -2.32. The van der Waals surface area contributed by atoms with Crippen LogP contribution in [0.3, 0.4) is 0 Å². The van der Waals surface area contributed by atoms with E-state index in [0.29, 0.717) is 17.8 Å². The molecule has 5 heteroatoms. The van der Waals surface area contributed by atoms with Gasteiger partial charge in [0.05, 0.1) is 13.2 Å². The fraction of sp³-hybridized carbons (Fsp3) is 0.333. The van der Waals surface area contributed by atoms with Gasteiger partial charge >= 0.3 is 0 Å². The molecule has 1 aromatic heterocycles. The van der Waals surface area contributed by atoms with Crippen molar-refractivity contribution in [2.75, 3.05) is 26.3 Å². The molecule has 0 aliphatic carbocycles. The molecule has 2 heterocycles. The summed E-state index contributed by atoms with van der Waals surface area (Å²) in [6.45, 7) is 7.70. The van der Waals surface area contributed by atoms with Crippen molar-refractivity contribution in [1.82, 2.24) is 15.1 Å². The molecule has 1 atom stereocenters. The van der Waals surface area contributed by atoms with Gasteiger partial charge in [-0.2, -0.15) is 0 Å². The van der Waals surface area contributed by atoms with E-state index in [-0.39, 0.29) is 0 Å². The van der Waals surface area contributed by atoms with Crippen molar-refractivity contribution in [3.63, 3.8) is 0 Å². The van der Waals surface area contributed by atoms with Crippen LogP contribution < -0.4 is 0 Å². The number of nitrogens with zero attached hydrogens (tertiary/aromatic N) is 3. The minimum atomic E-state index is 0.403. The first-order chi connectivity index (χ1) is 12.7. The highest BCUT2D eigenvalue weighted by Crippen LogP contribution is 2.28. The predicted octanol–water partition coefficient (Wildman–Crippen LogP) is 4.11. The summed E-state index contributed by atoms with van der Waals surface area (Å²) in [6.07, 6.45) is 0. The van der Waals surface area contributed by atoms with Crippen molar-refractivity contribution in [3.8, 4) is 22.6 Å². The van der Waals surface area contributed by atoms with Crippen molar-refractivity contribution in [3.05, 3.63) is 60.0 Å². The lowest BCUT2D eigenvalue weighted by molar-refractivity contribution is 0.0198. The fourth-order valence-corrected chi connectivity index (χ4v) is 3.37. The van der Waals surface area contributed by atoms with Gasteiger partial charge in [-0.05, 0) is 35.7 Å². The molecule has 0 bridgehead atoms. The van der Waals surface area contributed by atoms with E-state index in [4.69, 9.17) is 9.15 Å². The second kappa shape index (κ2) is 7.40. The normalized spacial score (nSPS) is 16.5. The number of rotatable bonds is 4. The van der Waals surface area contributed by atoms with Crippen LogP contribution in [0.4, 0.5) is 0 Å². The Labute approximate surface area is 153 Å². The van der Waals surface area contributed by atoms with Crippen LogP contribution in [-0.4, -0.2) is 41.4 Å². The van der Waals surface area contributed by atoms with E-state index >= 15 is 0 Å². The van der Waals surface area contributed by atoms with Gasteiger partial charge in [-0.15, -0.1) is 10.2 Å². The molecule has 134 valence electrons. The first-order valence-corrected chi connectivity index (χ1v) is 9.03. The zero-order chi connectivity index (χ0) is 17.9. The number of hydrogen-bond donors (Lipinski definition) is 0. The van der Waals surface area contributed by atoms with Gasteiger partial charge in [-0.1, -0.05) is 36.4 Å². The Morgan fingerprint density at radius 2 is 1.65 bits per heavy atom. The quantitative estimate of drug-likeness (QED) is 0.710. The van der Waals surface area contributed by atoms with Crippen molar-refractivity contribution >= 4 is 0 Å². The van der Waals surface area contributed by atoms with Crippen LogP contribution in [-0.2, 0) is 4.74 Å². The Morgan fingerprint density at radius 1 is 0.923 bits per heavy atom. The second-order valence-electron chi connectivity index (χ2n) is 6.65. The summed E-state index contributed by atoms with van der Waals surface area (Å²) in [6, 6.07) is 17.4. The van der Waals surface area contributed by atoms with E-state index in [1.807, 2.05) is 12.1 Å². The molecule has 0 amide bonds. The zero-order valence-electron chi connectivity index (χ0n) is 15.2. The van der Waals surface area contributed by atoms with Crippen LogP contribution in [0, 0.1) is 6.92 Å².